The maximum absolute atomic E-state index is 13.3. The minimum atomic E-state index is -1.11. The third kappa shape index (κ3) is 8.55. The average Bonchev–Trinajstić information content (AvgIpc) is 2.83. The number of nitrogens with zero attached hydrogens (tertiary/aromatic N) is 2. The molecule has 0 unspecified atom stereocenters. The lowest BCUT2D eigenvalue weighted by Gasteiger charge is -2.27. The molecule has 0 aliphatic rings. The van der Waals surface area contributed by atoms with Crippen LogP contribution < -0.4 is 0 Å². The van der Waals surface area contributed by atoms with Gasteiger partial charge in [0.25, 0.3) is 0 Å². The highest BCUT2D eigenvalue weighted by molar-refractivity contribution is 6.04. The summed E-state index contributed by atoms with van der Waals surface area (Å²) in [5.74, 6) is -0.307. The van der Waals surface area contributed by atoms with Crippen molar-refractivity contribution >= 4 is 22.9 Å². The van der Waals surface area contributed by atoms with E-state index >= 15 is 0 Å². The summed E-state index contributed by atoms with van der Waals surface area (Å²) in [5, 5.41) is 8.59. The van der Waals surface area contributed by atoms with Gasteiger partial charge in [-0.15, -0.1) is 0 Å². The zero-order valence-electron chi connectivity index (χ0n) is 22.8. The van der Waals surface area contributed by atoms with Gasteiger partial charge in [-0.25, -0.2) is 0 Å². The summed E-state index contributed by atoms with van der Waals surface area (Å²) < 4.78 is 11.4. The molecule has 0 radical (unpaired) electrons. The van der Waals surface area contributed by atoms with Crippen LogP contribution in [0.2, 0.25) is 0 Å². The first-order valence-electron chi connectivity index (χ1n) is 12.4. The molecule has 0 saturated heterocycles. The Hall–Kier alpha value is -3.48. The van der Waals surface area contributed by atoms with Gasteiger partial charge < -0.3 is 9.47 Å². The van der Waals surface area contributed by atoms with Gasteiger partial charge in [-0.3, -0.25) is 9.59 Å². The molecule has 3 aromatic rings. The van der Waals surface area contributed by atoms with Crippen molar-refractivity contribution in [2.45, 2.75) is 66.1 Å². The van der Waals surface area contributed by atoms with Crippen molar-refractivity contribution in [1.29, 1.82) is 0 Å². The number of azo groups is 1. The molecule has 0 aliphatic heterocycles. The van der Waals surface area contributed by atoms with Crippen LogP contribution in [0.3, 0.4) is 0 Å². The Morgan fingerprint density at radius 3 is 1.81 bits per heavy atom. The maximum Gasteiger partial charge on any atom is 0.194 e. The summed E-state index contributed by atoms with van der Waals surface area (Å²) >= 11 is 0. The molecule has 0 saturated carbocycles. The van der Waals surface area contributed by atoms with Crippen LogP contribution in [0.15, 0.2) is 77.0 Å². The molecule has 37 heavy (non-hydrogen) atoms. The molecule has 3 rings (SSSR count). The predicted molar refractivity (Wildman–Crippen MR) is 146 cm³/mol. The number of hydrogen-bond donors (Lipinski definition) is 0. The molecule has 0 fully saturated rings. The van der Waals surface area contributed by atoms with Crippen LogP contribution in [0.25, 0.3) is 0 Å². The lowest BCUT2D eigenvalue weighted by molar-refractivity contribution is -0.155. The van der Waals surface area contributed by atoms with Crippen molar-refractivity contribution in [1.82, 2.24) is 0 Å². The van der Waals surface area contributed by atoms with Crippen LogP contribution >= 0.6 is 0 Å². The number of rotatable bonds is 10. The molecule has 0 heterocycles. The van der Waals surface area contributed by atoms with Crippen LogP contribution in [0.4, 0.5) is 11.4 Å². The fourth-order valence-electron chi connectivity index (χ4n) is 3.54. The first-order chi connectivity index (χ1) is 17.3. The zero-order chi connectivity index (χ0) is 27.2. The Balaban J connectivity index is 1.76. The van der Waals surface area contributed by atoms with E-state index in [1.165, 1.54) is 12.5 Å². The van der Waals surface area contributed by atoms with Crippen molar-refractivity contribution in [3.63, 3.8) is 0 Å². The molecule has 194 valence electrons. The largest absolute Gasteiger partial charge is 0.350 e. The van der Waals surface area contributed by atoms with E-state index in [1.54, 1.807) is 19.9 Å². The molecule has 6 nitrogen and oxygen atoms in total. The summed E-state index contributed by atoms with van der Waals surface area (Å²) in [6, 6.07) is 20.9. The molecule has 0 aliphatic carbocycles. The summed E-state index contributed by atoms with van der Waals surface area (Å²) in [6.07, 6.45) is 0.561. The van der Waals surface area contributed by atoms with Crippen molar-refractivity contribution < 1.29 is 19.1 Å². The summed E-state index contributed by atoms with van der Waals surface area (Å²) in [5.41, 5.74) is 4.05. The van der Waals surface area contributed by atoms with Crippen LogP contribution in [-0.4, -0.2) is 29.6 Å². The fraction of sp³-hybridized carbons (Fsp3) is 0.355. The number of ether oxygens (including phenoxy) is 2. The first-order valence-corrected chi connectivity index (χ1v) is 12.4. The van der Waals surface area contributed by atoms with Gasteiger partial charge in [0.15, 0.2) is 11.6 Å². The lowest BCUT2D eigenvalue weighted by atomic mass is 9.91. The first kappa shape index (κ1) is 28.1. The minimum absolute atomic E-state index is 0.00486. The monoisotopic (exact) mass is 500 g/mol. The van der Waals surface area contributed by atoms with Gasteiger partial charge in [-0.1, -0.05) is 29.8 Å². The Labute approximate surface area is 219 Å². The minimum Gasteiger partial charge on any atom is -0.350 e. The van der Waals surface area contributed by atoms with Gasteiger partial charge in [0.1, 0.15) is 12.4 Å². The number of Topliss-reactive ketones (excluding diaryl/α,β-unsaturated/α-hetero) is 2. The number of benzene rings is 3. The number of hydrogen-bond acceptors (Lipinski definition) is 6. The molecular weight excluding hydrogens is 464 g/mol. The normalized spacial score (nSPS) is 12.2. The number of carbonyl (C=O) groups excluding carboxylic acids is 2. The molecular formula is C31H36N2O4. The quantitative estimate of drug-likeness (QED) is 0.161. The van der Waals surface area contributed by atoms with Crippen LogP contribution in [-0.2, 0) is 15.9 Å². The van der Waals surface area contributed by atoms with Crippen LogP contribution in [0.5, 0.6) is 0 Å². The number of aryl methyl sites for hydroxylation is 1. The molecule has 0 spiro atoms. The van der Waals surface area contributed by atoms with E-state index in [0.717, 1.165) is 22.5 Å². The van der Waals surface area contributed by atoms with Crippen LogP contribution in [0.1, 0.15) is 78.9 Å². The van der Waals surface area contributed by atoms with E-state index in [-0.39, 0.29) is 24.0 Å². The lowest BCUT2D eigenvalue weighted by Crippen LogP contribution is -2.37. The van der Waals surface area contributed by atoms with Crippen molar-refractivity contribution in [2.75, 3.05) is 6.79 Å². The Morgan fingerprint density at radius 1 is 0.730 bits per heavy atom. The summed E-state index contributed by atoms with van der Waals surface area (Å²) in [4.78, 5) is 25.6. The van der Waals surface area contributed by atoms with E-state index in [1.807, 2.05) is 88.4 Å². The third-order valence-electron chi connectivity index (χ3n) is 5.78. The second kappa shape index (κ2) is 11.7. The van der Waals surface area contributed by atoms with Crippen molar-refractivity contribution in [3.05, 3.63) is 94.5 Å². The summed E-state index contributed by atoms with van der Waals surface area (Å²) in [7, 11) is 0. The highest BCUT2D eigenvalue weighted by atomic mass is 16.7. The maximum atomic E-state index is 13.3. The fourth-order valence-corrected chi connectivity index (χ4v) is 3.54. The number of carbonyl (C=O) groups is 2. The molecule has 0 bridgehead atoms. The van der Waals surface area contributed by atoms with Gasteiger partial charge in [-0.05, 0) is 108 Å². The number of ketones is 2. The molecule has 0 atom stereocenters. The van der Waals surface area contributed by atoms with Gasteiger partial charge in [0.2, 0.25) is 0 Å². The van der Waals surface area contributed by atoms with E-state index in [0.29, 0.717) is 17.5 Å². The van der Waals surface area contributed by atoms with E-state index in [4.69, 9.17) is 9.47 Å². The van der Waals surface area contributed by atoms with E-state index in [9.17, 15) is 9.59 Å². The van der Waals surface area contributed by atoms with Crippen LogP contribution in [0, 0.1) is 6.92 Å². The van der Waals surface area contributed by atoms with Gasteiger partial charge in [0, 0.05) is 11.1 Å². The smallest absolute Gasteiger partial charge is 0.194 e. The molecule has 0 N–H and O–H groups in total. The van der Waals surface area contributed by atoms with Gasteiger partial charge in [0.05, 0.1) is 17.0 Å². The van der Waals surface area contributed by atoms with E-state index in [2.05, 4.69) is 10.2 Å². The van der Waals surface area contributed by atoms with Crippen molar-refractivity contribution in [2.24, 2.45) is 10.2 Å². The molecule has 0 aromatic heterocycles. The van der Waals surface area contributed by atoms with E-state index < -0.39 is 5.60 Å². The standard InChI is InChI=1S/C31H36N2O4/c1-21-8-12-27(13-9-21)32-33-28-14-10-23(11-15-28)16-24-17-25(22(2)34)19-26(18-24)29(35)31(6,7)37-20-36-30(3,4)5/h8-15,17-19H,16,20H2,1-7H3. The second-order valence-electron chi connectivity index (χ2n) is 10.7. The van der Waals surface area contributed by atoms with Gasteiger partial charge in [-0.2, -0.15) is 10.2 Å². The van der Waals surface area contributed by atoms with Gasteiger partial charge >= 0.3 is 0 Å². The Kier molecular flexibility index (Phi) is 8.89. The zero-order valence-corrected chi connectivity index (χ0v) is 22.8. The molecule has 3 aromatic carbocycles. The third-order valence-corrected chi connectivity index (χ3v) is 5.78. The predicted octanol–water partition coefficient (Wildman–Crippen LogP) is 7.95. The molecule has 0 amide bonds. The Bertz CT molecular complexity index is 1270. The van der Waals surface area contributed by atoms with Crippen molar-refractivity contribution in [3.8, 4) is 0 Å². The summed E-state index contributed by atoms with van der Waals surface area (Å²) in [6.45, 7) is 12.7. The molecule has 6 heteroatoms. The SMILES string of the molecule is CC(=O)c1cc(Cc2ccc(N=Nc3ccc(C)cc3)cc2)cc(C(=O)C(C)(C)OCOC(C)(C)C)c1. The highest BCUT2D eigenvalue weighted by Gasteiger charge is 2.31. The highest BCUT2D eigenvalue weighted by Crippen LogP contribution is 2.24. The second-order valence-corrected chi connectivity index (χ2v) is 10.7. The Morgan fingerprint density at radius 2 is 1.27 bits per heavy atom. The topological polar surface area (TPSA) is 77.3 Å². The average molecular weight is 501 g/mol.